The van der Waals surface area contributed by atoms with Crippen molar-refractivity contribution < 1.29 is 14.3 Å². The van der Waals surface area contributed by atoms with Gasteiger partial charge >= 0.3 is 0 Å². The van der Waals surface area contributed by atoms with Crippen LogP contribution in [0.5, 0.6) is 5.75 Å². The number of carbonyl (C=O) groups is 2. The van der Waals surface area contributed by atoms with Crippen molar-refractivity contribution in [2.75, 3.05) is 20.2 Å². The normalized spacial score (nSPS) is 15.5. The lowest BCUT2D eigenvalue weighted by Crippen LogP contribution is -2.48. The largest absolute Gasteiger partial charge is 0.497 e. The SMILES string of the molecule is COc1ccc(Cn2cc(C(=O)N3CCC(C(C)=O)(c4ccccc4)CC3)nn2)cc1. The van der Waals surface area contributed by atoms with Gasteiger partial charge in [0.05, 0.1) is 25.3 Å². The number of benzene rings is 2. The van der Waals surface area contributed by atoms with Crippen molar-refractivity contribution in [2.45, 2.75) is 31.7 Å². The van der Waals surface area contributed by atoms with Gasteiger partial charge in [0.2, 0.25) is 0 Å². The van der Waals surface area contributed by atoms with Gasteiger partial charge in [0.25, 0.3) is 5.91 Å². The molecule has 2 aromatic carbocycles. The number of hydrogen-bond acceptors (Lipinski definition) is 5. The standard InChI is InChI=1S/C24H26N4O3/c1-18(29)24(20-6-4-3-5-7-20)12-14-27(15-13-24)23(30)22-17-28(26-25-22)16-19-8-10-21(31-2)11-9-19/h3-11,17H,12-16H2,1-2H3. The minimum absolute atomic E-state index is 0.147. The highest BCUT2D eigenvalue weighted by Gasteiger charge is 2.41. The van der Waals surface area contributed by atoms with E-state index in [1.54, 1.807) is 29.8 Å². The van der Waals surface area contributed by atoms with Gasteiger partial charge in [-0.3, -0.25) is 9.59 Å². The summed E-state index contributed by atoms with van der Waals surface area (Å²) in [5.41, 5.74) is 1.87. The van der Waals surface area contributed by atoms with Gasteiger partial charge in [0.1, 0.15) is 11.5 Å². The first kappa shape index (κ1) is 20.8. The molecule has 0 saturated carbocycles. The Balaban J connectivity index is 1.42. The Morgan fingerprint density at radius 3 is 2.32 bits per heavy atom. The van der Waals surface area contributed by atoms with Crippen molar-refractivity contribution in [3.05, 3.63) is 77.6 Å². The summed E-state index contributed by atoms with van der Waals surface area (Å²) >= 11 is 0. The summed E-state index contributed by atoms with van der Waals surface area (Å²) in [7, 11) is 1.63. The first-order chi connectivity index (χ1) is 15.0. The molecule has 3 aromatic rings. The third-order valence-corrected chi connectivity index (χ3v) is 6.17. The zero-order valence-electron chi connectivity index (χ0n) is 17.8. The predicted molar refractivity (Wildman–Crippen MR) is 116 cm³/mol. The molecule has 1 aliphatic heterocycles. The minimum Gasteiger partial charge on any atom is -0.497 e. The first-order valence-electron chi connectivity index (χ1n) is 10.4. The van der Waals surface area contributed by atoms with Crippen LogP contribution >= 0.6 is 0 Å². The summed E-state index contributed by atoms with van der Waals surface area (Å²) in [6, 6.07) is 17.6. The second-order valence-corrected chi connectivity index (χ2v) is 7.95. The topological polar surface area (TPSA) is 77.3 Å². The predicted octanol–water partition coefficient (Wildman–Crippen LogP) is 3.10. The van der Waals surface area contributed by atoms with Crippen molar-refractivity contribution in [1.29, 1.82) is 0 Å². The molecule has 1 amide bonds. The Morgan fingerprint density at radius 1 is 1.03 bits per heavy atom. The summed E-state index contributed by atoms with van der Waals surface area (Å²) in [5, 5.41) is 8.19. The van der Waals surface area contributed by atoms with Gasteiger partial charge in [0, 0.05) is 13.1 Å². The molecule has 0 atom stereocenters. The van der Waals surface area contributed by atoms with Gasteiger partial charge in [-0.1, -0.05) is 47.7 Å². The van der Waals surface area contributed by atoms with Crippen LogP contribution in [0.2, 0.25) is 0 Å². The van der Waals surface area contributed by atoms with Crippen molar-refractivity contribution in [1.82, 2.24) is 19.9 Å². The molecule has 4 rings (SSSR count). The third-order valence-electron chi connectivity index (χ3n) is 6.17. The number of methoxy groups -OCH3 is 1. The first-order valence-corrected chi connectivity index (χ1v) is 10.4. The van der Waals surface area contributed by atoms with Crippen molar-refractivity contribution >= 4 is 11.7 Å². The highest BCUT2D eigenvalue weighted by atomic mass is 16.5. The Hall–Kier alpha value is -3.48. The Kier molecular flexibility index (Phi) is 5.84. The monoisotopic (exact) mass is 418 g/mol. The molecule has 2 heterocycles. The fourth-order valence-electron chi connectivity index (χ4n) is 4.25. The third kappa shape index (κ3) is 4.21. The molecule has 0 bridgehead atoms. The van der Waals surface area contributed by atoms with E-state index in [0.29, 0.717) is 38.2 Å². The van der Waals surface area contributed by atoms with Crippen LogP contribution < -0.4 is 4.74 Å². The van der Waals surface area contributed by atoms with E-state index in [-0.39, 0.29) is 11.7 Å². The molecule has 1 saturated heterocycles. The molecule has 7 heteroatoms. The number of aromatic nitrogens is 3. The van der Waals surface area contributed by atoms with Crippen molar-refractivity contribution in [2.24, 2.45) is 0 Å². The molecule has 7 nitrogen and oxygen atoms in total. The zero-order chi connectivity index (χ0) is 21.8. The number of likely N-dealkylation sites (tertiary alicyclic amines) is 1. The molecule has 0 aliphatic carbocycles. The number of ketones is 1. The van der Waals surface area contributed by atoms with E-state index < -0.39 is 5.41 Å². The summed E-state index contributed by atoms with van der Waals surface area (Å²) in [6.45, 7) is 3.19. The van der Waals surface area contributed by atoms with Crippen LogP contribution in [0.1, 0.15) is 41.4 Å². The minimum atomic E-state index is -0.524. The molecule has 0 unspecified atom stereocenters. The molecule has 0 spiro atoms. The smallest absolute Gasteiger partial charge is 0.276 e. The second kappa shape index (κ2) is 8.71. The highest BCUT2D eigenvalue weighted by Crippen LogP contribution is 2.36. The van der Waals surface area contributed by atoms with Crippen LogP contribution in [-0.4, -0.2) is 51.8 Å². The van der Waals surface area contributed by atoms with Crippen LogP contribution in [0, 0.1) is 0 Å². The van der Waals surface area contributed by atoms with Gasteiger partial charge < -0.3 is 9.64 Å². The van der Waals surface area contributed by atoms with E-state index in [1.165, 1.54) is 0 Å². The van der Waals surface area contributed by atoms with Gasteiger partial charge in [-0.05, 0) is 43.0 Å². The number of ether oxygens (including phenoxy) is 1. The average Bonchev–Trinajstić information content (AvgIpc) is 3.28. The van der Waals surface area contributed by atoms with E-state index in [9.17, 15) is 9.59 Å². The lowest BCUT2D eigenvalue weighted by molar-refractivity contribution is -0.124. The fourth-order valence-corrected chi connectivity index (χ4v) is 4.25. The number of piperidine rings is 1. The zero-order valence-corrected chi connectivity index (χ0v) is 17.8. The molecule has 1 aliphatic rings. The fraction of sp³-hybridized carbons (Fsp3) is 0.333. The maximum absolute atomic E-state index is 13.0. The average molecular weight is 418 g/mol. The van der Waals surface area contributed by atoms with Crippen LogP contribution in [0.15, 0.2) is 60.8 Å². The summed E-state index contributed by atoms with van der Waals surface area (Å²) in [4.78, 5) is 27.3. The van der Waals surface area contributed by atoms with E-state index in [0.717, 1.165) is 16.9 Å². The Morgan fingerprint density at radius 2 is 1.71 bits per heavy atom. The van der Waals surface area contributed by atoms with E-state index in [2.05, 4.69) is 10.3 Å². The van der Waals surface area contributed by atoms with Gasteiger partial charge in [-0.15, -0.1) is 5.10 Å². The lowest BCUT2D eigenvalue weighted by Gasteiger charge is -2.40. The molecule has 160 valence electrons. The lowest BCUT2D eigenvalue weighted by atomic mass is 9.70. The summed E-state index contributed by atoms with van der Waals surface area (Å²) < 4.78 is 6.83. The Bertz CT molecular complexity index is 1050. The number of hydrogen-bond donors (Lipinski definition) is 0. The van der Waals surface area contributed by atoms with Gasteiger partial charge in [0.15, 0.2) is 5.69 Å². The molecule has 1 aromatic heterocycles. The van der Waals surface area contributed by atoms with Gasteiger partial charge in [-0.2, -0.15) is 0 Å². The maximum atomic E-state index is 13.0. The van der Waals surface area contributed by atoms with Crippen LogP contribution in [0.4, 0.5) is 0 Å². The summed E-state index contributed by atoms with van der Waals surface area (Å²) in [5.74, 6) is 0.794. The quantitative estimate of drug-likeness (QED) is 0.615. The molecular weight excluding hydrogens is 392 g/mol. The van der Waals surface area contributed by atoms with E-state index in [1.807, 2.05) is 54.6 Å². The van der Waals surface area contributed by atoms with Crippen molar-refractivity contribution in [3.8, 4) is 5.75 Å². The number of carbonyl (C=O) groups excluding carboxylic acids is 2. The Labute approximate surface area is 181 Å². The number of Topliss-reactive ketones (excluding diaryl/α,β-unsaturated/α-hetero) is 1. The molecule has 0 radical (unpaired) electrons. The van der Waals surface area contributed by atoms with E-state index >= 15 is 0 Å². The summed E-state index contributed by atoms with van der Waals surface area (Å²) in [6.07, 6.45) is 2.90. The van der Waals surface area contributed by atoms with E-state index in [4.69, 9.17) is 4.74 Å². The number of nitrogens with zero attached hydrogens (tertiary/aromatic N) is 4. The molecule has 1 fully saturated rings. The van der Waals surface area contributed by atoms with Crippen LogP contribution in [-0.2, 0) is 16.8 Å². The second-order valence-electron chi connectivity index (χ2n) is 7.95. The molecule has 0 N–H and O–H groups in total. The molecular formula is C24H26N4O3. The van der Waals surface area contributed by atoms with Crippen LogP contribution in [0.25, 0.3) is 0 Å². The van der Waals surface area contributed by atoms with Gasteiger partial charge in [-0.25, -0.2) is 4.68 Å². The number of amides is 1. The maximum Gasteiger partial charge on any atom is 0.276 e. The highest BCUT2D eigenvalue weighted by molar-refractivity contribution is 5.93. The van der Waals surface area contributed by atoms with Crippen LogP contribution in [0.3, 0.4) is 0 Å². The van der Waals surface area contributed by atoms with Crippen molar-refractivity contribution in [3.63, 3.8) is 0 Å². The molecule has 31 heavy (non-hydrogen) atoms. The number of rotatable bonds is 6.